The Bertz CT molecular complexity index is 550. The van der Waals surface area contributed by atoms with Gasteiger partial charge in [0.25, 0.3) is 0 Å². The van der Waals surface area contributed by atoms with E-state index in [9.17, 15) is 0 Å². The summed E-state index contributed by atoms with van der Waals surface area (Å²) in [5.74, 6) is 2.31. The molecule has 1 atom stereocenters. The molecule has 0 fully saturated rings. The van der Waals surface area contributed by atoms with Crippen molar-refractivity contribution >= 4 is 33.3 Å². The summed E-state index contributed by atoms with van der Waals surface area (Å²) < 4.78 is 0. The van der Waals surface area contributed by atoms with E-state index in [1.807, 2.05) is 0 Å². The lowest BCUT2D eigenvalue weighted by molar-refractivity contribution is 0.593. The number of nitrogens with zero attached hydrogens (tertiary/aromatic N) is 2. The second-order valence-electron chi connectivity index (χ2n) is 4.90. The number of aromatic nitrogens is 2. The highest BCUT2D eigenvalue weighted by Gasteiger charge is 2.10. The van der Waals surface area contributed by atoms with Gasteiger partial charge in [0.05, 0.1) is 5.39 Å². The fourth-order valence-electron chi connectivity index (χ4n) is 1.83. The molecule has 0 aromatic carbocycles. The van der Waals surface area contributed by atoms with Gasteiger partial charge in [0.1, 0.15) is 10.6 Å². The topological polar surface area (TPSA) is 49.8 Å². The Kier molecular flexibility index (Phi) is 4.58. The van der Waals surface area contributed by atoms with Gasteiger partial charge in [-0.25, -0.2) is 4.98 Å². The fourth-order valence-corrected chi connectivity index (χ4v) is 2.71. The predicted octanol–water partition coefficient (Wildman–Crippen LogP) is 3.89. The molecule has 2 N–H and O–H groups in total. The highest BCUT2D eigenvalue weighted by atomic mass is 32.1. The zero-order valence-corrected chi connectivity index (χ0v) is 12.9. The average Bonchev–Trinajstić information content (AvgIpc) is 2.76. The van der Waals surface area contributed by atoms with Crippen LogP contribution in [0.3, 0.4) is 0 Å². The molecule has 2 aromatic heterocycles. The van der Waals surface area contributed by atoms with Crippen molar-refractivity contribution in [2.75, 3.05) is 23.7 Å². The number of aryl methyl sites for hydroxylation is 1. The van der Waals surface area contributed by atoms with Crippen molar-refractivity contribution in [3.63, 3.8) is 0 Å². The van der Waals surface area contributed by atoms with Crippen LogP contribution in [0.25, 0.3) is 10.2 Å². The summed E-state index contributed by atoms with van der Waals surface area (Å²) in [6.45, 7) is 10.4. The summed E-state index contributed by atoms with van der Waals surface area (Å²) in [5, 5.41) is 7.79. The van der Waals surface area contributed by atoms with Gasteiger partial charge >= 0.3 is 0 Å². The highest BCUT2D eigenvalue weighted by Crippen LogP contribution is 2.29. The van der Waals surface area contributed by atoms with E-state index in [0.717, 1.165) is 29.1 Å². The van der Waals surface area contributed by atoms with Gasteiger partial charge in [0.2, 0.25) is 5.95 Å². The summed E-state index contributed by atoms with van der Waals surface area (Å²) in [4.78, 5) is 11.5. The Morgan fingerprint density at radius 1 is 1.26 bits per heavy atom. The maximum atomic E-state index is 4.58. The molecular weight excluding hydrogens is 256 g/mol. The number of fused-ring (bicyclic) bond motifs is 1. The molecule has 5 heteroatoms. The third-order valence-corrected chi connectivity index (χ3v) is 4.11. The Morgan fingerprint density at radius 2 is 2.05 bits per heavy atom. The summed E-state index contributed by atoms with van der Waals surface area (Å²) in [7, 11) is 0. The lowest BCUT2D eigenvalue weighted by Gasteiger charge is -2.12. The van der Waals surface area contributed by atoms with Crippen molar-refractivity contribution in [1.29, 1.82) is 0 Å². The molecule has 2 aromatic rings. The lowest BCUT2D eigenvalue weighted by atomic mass is 10.1. The maximum Gasteiger partial charge on any atom is 0.226 e. The van der Waals surface area contributed by atoms with Gasteiger partial charge in [-0.05, 0) is 25.8 Å². The van der Waals surface area contributed by atoms with Crippen molar-refractivity contribution in [2.24, 2.45) is 5.92 Å². The van der Waals surface area contributed by atoms with Crippen molar-refractivity contribution in [2.45, 2.75) is 34.1 Å². The third kappa shape index (κ3) is 3.35. The van der Waals surface area contributed by atoms with Crippen LogP contribution < -0.4 is 10.6 Å². The predicted molar refractivity (Wildman–Crippen MR) is 84.3 cm³/mol. The molecular formula is C14H22N4S. The van der Waals surface area contributed by atoms with E-state index >= 15 is 0 Å². The van der Waals surface area contributed by atoms with Gasteiger partial charge in [-0.15, -0.1) is 11.3 Å². The minimum Gasteiger partial charge on any atom is -0.369 e. The number of rotatable bonds is 6. The molecule has 104 valence electrons. The van der Waals surface area contributed by atoms with Crippen LogP contribution in [0.4, 0.5) is 11.8 Å². The highest BCUT2D eigenvalue weighted by molar-refractivity contribution is 7.18. The largest absolute Gasteiger partial charge is 0.369 e. The van der Waals surface area contributed by atoms with Crippen LogP contribution in [0.1, 0.15) is 32.1 Å². The van der Waals surface area contributed by atoms with Crippen molar-refractivity contribution in [1.82, 2.24) is 9.97 Å². The SMILES string of the molecule is CCNc1nc(NCC(C)CC)c2cc(C)sc2n1. The van der Waals surface area contributed by atoms with Crippen LogP contribution in [0.5, 0.6) is 0 Å². The monoisotopic (exact) mass is 278 g/mol. The molecule has 0 aliphatic rings. The van der Waals surface area contributed by atoms with Gasteiger partial charge in [-0.2, -0.15) is 4.98 Å². The van der Waals surface area contributed by atoms with Crippen molar-refractivity contribution < 1.29 is 0 Å². The van der Waals surface area contributed by atoms with Crippen LogP contribution >= 0.6 is 11.3 Å². The zero-order chi connectivity index (χ0) is 13.8. The van der Waals surface area contributed by atoms with E-state index in [2.05, 4.69) is 54.4 Å². The molecule has 2 rings (SSSR count). The van der Waals surface area contributed by atoms with Crippen molar-refractivity contribution in [3.8, 4) is 0 Å². The smallest absolute Gasteiger partial charge is 0.226 e. The molecule has 0 aliphatic carbocycles. The molecule has 19 heavy (non-hydrogen) atoms. The van der Waals surface area contributed by atoms with Crippen molar-refractivity contribution in [3.05, 3.63) is 10.9 Å². The number of nitrogens with one attached hydrogen (secondary N) is 2. The van der Waals surface area contributed by atoms with Gasteiger partial charge in [0, 0.05) is 18.0 Å². The zero-order valence-electron chi connectivity index (χ0n) is 12.1. The lowest BCUT2D eigenvalue weighted by Crippen LogP contribution is -2.12. The first-order valence-electron chi connectivity index (χ1n) is 6.90. The molecule has 0 radical (unpaired) electrons. The summed E-state index contributed by atoms with van der Waals surface area (Å²) >= 11 is 1.72. The minimum atomic E-state index is 0.646. The number of hydrogen-bond acceptors (Lipinski definition) is 5. The standard InChI is InChI=1S/C14H22N4S/c1-5-9(3)8-16-12-11-7-10(4)19-13(11)18-14(17-12)15-6-2/h7,9H,5-6,8H2,1-4H3,(H2,15,16,17,18). The van der Waals surface area contributed by atoms with Gasteiger partial charge in [-0.3, -0.25) is 0 Å². The Morgan fingerprint density at radius 3 is 2.74 bits per heavy atom. The Hall–Kier alpha value is -1.36. The molecule has 0 spiro atoms. The molecule has 0 saturated carbocycles. The first-order chi connectivity index (χ1) is 9.13. The average molecular weight is 278 g/mol. The molecule has 2 heterocycles. The normalized spacial score (nSPS) is 12.6. The van der Waals surface area contributed by atoms with Gasteiger partial charge < -0.3 is 10.6 Å². The Labute approximate surface area is 118 Å². The fraction of sp³-hybridized carbons (Fsp3) is 0.571. The first kappa shape index (κ1) is 14.1. The quantitative estimate of drug-likeness (QED) is 0.841. The molecule has 4 nitrogen and oxygen atoms in total. The van der Waals surface area contributed by atoms with Crippen LogP contribution in [0.15, 0.2) is 6.07 Å². The number of thiophene rings is 1. The molecule has 0 saturated heterocycles. The second-order valence-corrected chi connectivity index (χ2v) is 6.13. The number of anilines is 2. The van der Waals surface area contributed by atoms with E-state index in [1.54, 1.807) is 11.3 Å². The van der Waals surface area contributed by atoms with E-state index in [4.69, 9.17) is 0 Å². The van der Waals surface area contributed by atoms with Crippen LogP contribution in [0, 0.1) is 12.8 Å². The first-order valence-corrected chi connectivity index (χ1v) is 7.71. The summed E-state index contributed by atoms with van der Waals surface area (Å²) in [6.07, 6.45) is 1.17. The van der Waals surface area contributed by atoms with Gasteiger partial charge in [0.15, 0.2) is 0 Å². The summed E-state index contributed by atoms with van der Waals surface area (Å²) in [6, 6.07) is 2.16. The Balaban J connectivity index is 2.32. The van der Waals surface area contributed by atoms with Crippen LogP contribution in [0.2, 0.25) is 0 Å². The van der Waals surface area contributed by atoms with E-state index in [0.29, 0.717) is 11.9 Å². The van der Waals surface area contributed by atoms with E-state index in [-0.39, 0.29) is 0 Å². The summed E-state index contributed by atoms with van der Waals surface area (Å²) in [5.41, 5.74) is 0. The van der Waals surface area contributed by atoms with E-state index in [1.165, 1.54) is 11.3 Å². The minimum absolute atomic E-state index is 0.646. The molecule has 0 amide bonds. The van der Waals surface area contributed by atoms with E-state index < -0.39 is 0 Å². The maximum absolute atomic E-state index is 4.58. The third-order valence-electron chi connectivity index (χ3n) is 3.17. The molecule has 0 bridgehead atoms. The number of hydrogen-bond donors (Lipinski definition) is 2. The second kappa shape index (κ2) is 6.19. The van der Waals surface area contributed by atoms with Crippen LogP contribution in [-0.2, 0) is 0 Å². The van der Waals surface area contributed by atoms with Crippen LogP contribution in [-0.4, -0.2) is 23.1 Å². The van der Waals surface area contributed by atoms with Gasteiger partial charge in [-0.1, -0.05) is 20.3 Å². The molecule has 1 unspecified atom stereocenters. The molecule has 0 aliphatic heterocycles.